The van der Waals surface area contributed by atoms with E-state index in [0.717, 1.165) is 12.1 Å². The van der Waals surface area contributed by atoms with Crippen LogP contribution in [0.15, 0.2) is 65.9 Å². The van der Waals surface area contributed by atoms with Gasteiger partial charge in [0.25, 0.3) is 5.91 Å². The van der Waals surface area contributed by atoms with Gasteiger partial charge in [0.1, 0.15) is 11.8 Å². The Kier molecular flexibility index (Phi) is 6.55. The maximum absolute atomic E-state index is 12.6. The summed E-state index contributed by atoms with van der Waals surface area (Å²) in [5.74, 6) is -0.767. The fourth-order valence-corrected chi connectivity index (χ4v) is 2.35. The van der Waals surface area contributed by atoms with Gasteiger partial charge in [-0.25, -0.2) is 4.99 Å². The average Bonchev–Trinajstić information content (AvgIpc) is 2.66. The van der Waals surface area contributed by atoms with Crippen LogP contribution in [-0.4, -0.2) is 21.7 Å². The predicted molar refractivity (Wildman–Crippen MR) is 103 cm³/mol. The fraction of sp³-hybridized carbons (Fsp3) is 0.150. The summed E-state index contributed by atoms with van der Waals surface area (Å²) in [5.41, 5.74) is 11.4. The van der Waals surface area contributed by atoms with Crippen molar-refractivity contribution in [1.82, 2.24) is 4.98 Å². The lowest BCUT2D eigenvalue weighted by Gasteiger charge is -2.13. The number of aromatic nitrogens is 1. The summed E-state index contributed by atoms with van der Waals surface area (Å²) in [6.45, 7) is 5.35. The number of amides is 1. The third kappa shape index (κ3) is 5.76. The van der Waals surface area contributed by atoms with Crippen LogP contribution in [0.1, 0.15) is 35.4 Å². The van der Waals surface area contributed by atoms with Crippen LogP contribution in [0.4, 0.5) is 13.2 Å². The smallest absolute Gasteiger partial charge is 0.402 e. The van der Waals surface area contributed by atoms with Crippen molar-refractivity contribution in [2.45, 2.75) is 19.2 Å². The minimum atomic E-state index is -4.50. The van der Waals surface area contributed by atoms with Crippen LogP contribution in [0.2, 0.25) is 0 Å². The molecule has 152 valence electrons. The van der Waals surface area contributed by atoms with Gasteiger partial charge in [0.2, 0.25) is 0 Å². The van der Waals surface area contributed by atoms with Gasteiger partial charge in [0.05, 0.1) is 17.0 Å². The number of primary amides is 1. The molecule has 9 heteroatoms. The molecule has 1 unspecified atom stereocenters. The highest BCUT2D eigenvalue weighted by atomic mass is 19.4. The molecular formula is C20H19F3N4O2. The number of aliphatic imine (C=N–C) groups is 1. The van der Waals surface area contributed by atoms with Crippen LogP contribution in [-0.2, 0) is 11.0 Å². The zero-order valence-electron chi connectivity index (χ0n) is 15.4. The molecule has 1 amide bonds. The summed E-state index contributed by atoms with van der Waals surface area (Å²) in [5, 5.41) is 10.4. The van der Waals surface area contributed by atoms with Gasteiger partial charge in [-0.1, -0.05) is 30.8 Å². The first-order valence-corrected chi connectivity index (χ1v) is 8.31. The first-order chi connectivity index (χ1) is 13.5. The van der Waals surface area contributed by atoms with Crippen LogP contribution in [0, 0.1) is 0 Å². The lowest BCUT2D eigenvalue weighted by Crippen LogP contribution is -2.22. The van der Waals surface area contributed by atoms with Gasteiger partial charge >= 0.3 is 6.18 Å². The maximum atomic E-state index is 12.6. The standard InChI is InChI=1S/C20H19F3N4O2/c1-11(24)9-17(19(25)29)27-12(2)13-3-5-14(6-4-13)18(28)16-8-7-15(10-26-16)20(21,22)23/h3-10,18,28H,2,24H2,1H3,(H2,25,29)/b11-9+,27-17?. The summed E-state index contributed by atoms with van der Waals surface area (Å²) in [6, 6.07) is 8.25. The number of aliphatic hydroxyl groups is 1. The Morgan fingerprint density at radius 3 is 2.28 bits per heavy atom. The minimum absolute atomic E-state index is 0.0620. The van der Waals surface area contributed by atoms with Crippen LogP contribution in [0.25, 0.3) is 5.70 Å². The van der Waals surface area contributed by atoms with E-state index in [1.807, 2.05) is 0 Å². The summed E-state index contributed by atoms with van der Waals surface area (Å²) in [7, 11) is 0. The number of carbonyl (C=O) groups is 1. The second kappa shape index (κ2) is 8.70. The molecule has 6 nitrogen and oxygen atoms in total. The Labute approximate surface area is 165 Å². The number of pyridine rings is 1. The quantitative estimate of drug-likeness (QED) is 0.642. The first-order valence-electron chi connectivity index (χ1n) is 8.31. The van der Waals surface area contributed by atoms with Crippen molar-refractivity contribution < 1.29 is 23.1 Å². The van der Waals surface area contributed by atoms with E-state index in [2.05, 4.69) is 16.6 Å². The highest BCUT2D eigenvalue weighted by molar-refractivity contribution is 6.43. The number of allylic oxidation sites excluding steroid dienone is 1. The summed E-state index contributed by atoms with van der Waals surface area (Å²) >= 11 is 0. The first kappa shape index (κ1) is 21.8. The maximum Gasteiger partial charge on any atom is 0.417 e. The van der Waals surface area contributed by atoms with Crippen molar-refractivity contribution in [3.8, 4) is 0 Å². The number of alkyl halides is 3. The summed E-state index contributed by atoms with van der Waals surface area (Å²) in [6.07, 6.45) is -3.73. The molecule has 0 aliphatic heterocycles. The largest absolute Gasteiger partial charge is 0.417 e. The number of rotatable bonds is 6. The molecule has 0 spiro atoms. The normalized spacial score (nSPS) is 13.8. The number of hydrogen-bond donors (Lipinski definition) is 3. The van der Waals surface area contributed by atoms with Gasteiger partial charge in [-0.3, -0.25) is 9.78 Å². The monoisotopic (exact) mass is 404 g/mol. The third-order valence-corrected chi connectivity index (χ3v) is 3.83. The molecule has 0 aliphatic carbocycles. The lowest BCUT2D eigenvalue weighted by atomic mass is 10.0. The Morgan fingerprint density at radius 1 is 1.21 bits per heavy atom. The Bertz CT molecular complexity index is 959. The minimum Gasteiger partial charge on any atom is -0.402 e. The molecular weight excluding hydrogens is 385 g/mol. The number of halogens is 3. The Balaban J connectivity index is 2.22. The van der Waals surface area contributed by atoms with E-state index in [4.69, 9.17) is 11.5 Å². The molecule has 2 rings (SSSR count). The van der Waals surface area contributed by atoms with Gasteiger partial charge in [-0.05, 0) is 36.3 Å². The van der Waals surface area contributed by atoms with Gasteiger partial charge in [0, 0.05) is 11.9 Å². The van der Waals surface area contributed by atoms with Crippen molar-refractivity contribution in [3.05, 3.63) is 83.3 Å². The molecule has 1 aromatic heterocycles. The molecule has 2 aromatic rings. The number of benzene rings is 1. The Hall–Kier alpha value is -3.46. The molecule has 0 fully saturated rings. The van der Waals surface area contributed by atoms with Gasteiger partial charge in [-0.15, -0.1) is 0 Å². The van der Waals surface area contributed by atoms with Crippen LogP contribution >= 0.6 is 0 Å². The number of hydrogen-bond acceptors (Lipinski definition) is 5. The van der Waals surface area contributed by atoms with Gasteiger partial charge in [0.15, 0.2) is 0 Å². The van der Waals surface area contributed by atoms with E-state index in [-0.39, 0.29) is 17.1 Å². The van der Waals surface area contributed by atoms with E-state index in [1.165, 1.54) is 6.08 Å². The molecule has 1 aromatic carbocycles. The van der Waals surface area contributed by atoms with E-state index in [9.17, 15) is 23.1 Å². The fourth-order valence-electron chi connectivity index (χ4n) is 2.35. The van der Waals surface area contributed by atoms with E-state index < -0.39 is 23.8 Å². The zero-order valence-corrected chi connectivity index (χ0v) is 15.4. The van der Waals surface area contributed by atoms with E-state index in [0.29, 0.717) is 23.0 Å². The SMILES string of the molecule is C=C(N=C(/C=C(\C)N)C(N)=O)c1ccc(C(O)c2ccc(C(F)(F)F)cn2)cc1. The van der Waals surface area contributed by atoms with Crippen LogP contribution in [0.5, 0.6) is 0 Å². The van der Waals surface area contributed by atoms with Gasteiger partial charge < -0.3 is 16.6 Å². The third-order valence-electron chi connectivity index (χ3n) is 3.83. The topological polar surface area (TPSA) is 115 Å². The molecule has 29 heavy (non-hydrogen) atoms. The average molecular weight is 404 g/mol. The van der Waals surface area contributed by atoms with E-state index >= 15 is 0 Å². The molecule has 0 saturated heterocycles. The second-order valence-corrected chi connectivity index (χ2v) is 6.19. The van der Waals surface area contributed by atoms with Crippen molar-refractivity contribution >= 4 is 17.3 Å². The van der Waals surface area contributed by atoms with Crippen molar-refractivity contribution in [2.24, 2.45) is 16.5 Å². The molecule has 0 aliphatic rings. The molecule has 0 saturated carbocycles. The lowest BCUT2D eigenvalue weighted by molar-refractivity contribution is -0.137. The van der Waals surface area contributed by atoms with Crippen LogP contribution < -0.4 is 11.5 Å². The molecule has 5 N–H and O–H groups in total. The van der Waals surface area contributed by atoms with Crippen molar-refractivity contribution in [1.29, 1.82) is 0 Å². The molecule has 0 bridgehead atoms. The number of aliphatic hydroxyl groups excluding tert-OH is 1. The van der Waals surface area contributed by atoms with Crippen molar-refractivity contribution in [3.63, 3.8) is 0 Å². The van der Waals surface area contributed by atoms with Crippen molar-refractivity contribution in [2.75, 3.05) is 0 Å². The van der Waals surface area contributed by atoms with Crippen LogP contribution in [0.3, 0.4) is 0 Å². The Morgan fingerprint density at radius 2 is 1.83 bits per heavy atom. The second-order valence-electron chi connectivity index (χ2n) is 6.19. The summed E-state index contributed by atoms with van der Waals surface area (Å²) < 4.78 is 37.8. The highest BCUT2D eigenvalue weighted by Gasteiger charge is 2.31. The number of carbonyl (C=O) groups excluding carboxylic acids is 1. The zero-order chi connectivity index (χ0) is 21.8. The summed E-state index contributed by atoms with van der Waals surface area (Å²) in [4.78, 5) is 19.2. The highest BCUT2D eigenvalue weighted by Crippen LogP contribution is 2.30. The number of nitrogens with zero attached hydrogens (tertiary/aromatic N) is 2. The van der Waals surface area contributed by atoms with E-state index in [1.54, 1.807) is 31.2 Å². The predicted octanol–water partition coefficient (Wildman–Crippen LogP) is 2.94. The molecule has 1 heterocycles. The molecule has 1 atom stereocenters. The van der Waals surface area contributed by atoms with Gasteiger partial charge in [-0.2, -0.15) is 13.2 Å². The number of nitrogens with two attached hydrogens (primary N) is 2. The molecule has 0 radical (unpaired) electrons.